The van der Waals surface area contributed by atoms with Gasteiger partial charge in [0.1, 0.15) is 0 Å². The molecule has 3 heteroatoms. The summed E-state index contributed by atoms with van der Waals surface area (Å²) in [5, 5.41) is 12.6. The summed E-state index contributed by atoms with van der Waals surface area (Å²) in [4.78, 5) is 0. The van der Waals surface area contributed by atoms with Crippen molar-refractivity contribution in [1.82, 2.24) is 0 Å². The minimum Gasteiger partial charge on any atom is -0.389 e. The van der Waals surface area contributed by atoms with Gasteiger partial charge in [0.25, 0.3) is 0 Å². The molecule has 1 aromatic rings. The van der Waals surface area contributed by atoms with Gasteiger partial charge in [0.15, 0.2) is 0 Å². The largest absolute Gasteiger partial charge is 0.389 e. The molecule has 0 aliphatic heterocycles. The highest BCUT2D eigenvalue weighted by atomic mass is 35.5. The molecule has 1 rings (SSSR count). The standard InChI is InChI=1S/C11H14ClNO/c1-9(14)10-5-2-3-6-11(10)13-8-4-7-12/h2-7,9,13-14H,8H2,1H3/b7-4+. The van der Waals surface area contributed by atoms with Crippen LogP contribution >= 0.6 is 11.6 Å². The SMILES string of the molecule is CC(O)c1ccccc1NC/C=C/Cl. The number of aliphatic hydroxyl groups excluding tert-OH is 1. The number of para-hydroxylation sites is 1. The van der Waals surface area contributed by atoms with Crippen molar-refractivity contribution in [3.63, 3.8) is 0 Å². The third-order valence-electron chi connectivity index (χ3n) is 1.91. The number of rotatable bonds is 4. The summed E-state index contributed by atoms with van der Waals surface area (Å²) in [7, 11) is 0. The number of nitrogens with one attached hydrogen (secondary N) is 1. The molecule has 1 aromatic carbocycles. The van der Waals surface area contributed by atoms with Crippen LogP contribution in [0.3, 0.4) is 0 Å². The molecule has 14 heavy (non-hydrogen) atoms. The molecule has 1 atom stereocenters. The molecule has 0 saturated carbocycles. The van der Waals surface area contributed by atoms with E-state index in [-0.39, 0.29) is 0 Å². The summed E-state index contributed by atoms with van der Waals surface area (Å²) in [5.41, 5.74) is 3.31. The first-order chi connectivity index (χ1) is 6.75. The van der Waals surface area contributed by atoms with E-state index in [1.807, 2.05) is 24.3 Å². The van der Waals surface area contributed by atoms with Crippen LogP contribution in [0.15, 0.2) is 35.9 Å². The van der Waals surface area contributed by atoms with Crippen molar-refractivity contribution in [2.45, 2.75) is 13.0 Å². The van der Waals surface area contributed by atoms with Gasteiger partial charge < -0.3 is 10.4 Å². The summed E-state index contributed by atoms with van der Waals surface area (Å²) in [5.74, 6) is 0. The van der Waals surface area contributed by atoms with E-state index in [4.69, 9.17) is 11.6 Å². The number of anilines is 1. The summed E-state index contributed by atoms with van der Waals surface area (Å²) < 4.78 is 0. The van der Waals surface area contributed by atoms with Gasteiger partial charge in [-0.1, -0.05) is 35.9 Å². The van der Waals surface area contributed by atoms with Gasteiger partial charge in [0.05, 0.1) is 6.10 Å². The number of aliphatic hydroxyl groups is 1. The normalized spacial score (nSPS) is 13.1. The van der Waals surface area contributed by atoms with Crippen LogP contribution in [0.1, 0.15) is 18.6 Å². The fourth-order valence-corrected chi connectivity index (χ4v) is 1.32. The molecule has 0 amide bonds. The molecule has 0 aliphatic carbocycles. The van der Waals surface area contributed by atoms with Gasteiger partial charge in [-0.05, 0) is 13.0 Å². The third-order valence-corrected chi connectivity index (χ3v) is 2.09. The predicted octanol–water partition coefficient (Wildman–Crippen LogP) is 2.90. The molecule has 0 spiro atoms. The minimum atomic E-state index is -0.460. The van der Waals surface area contributed by atoms with Crippen LogP contribution in [0.2, 0.25) is 0 Å². The molecule has 0 aliphatic rings. The zero-order valence-corrected chi connectivity index (χ0v) is 8.83. The van der Waals surface area contributed by atoms with Gasteiger partial charge in [-0.2, -0.15) is 0 Å². The Bertz CT molecular complexity index is 310. The Morgan fingerprint density at radius 2 is 2.21 bits per heavy atom. The molecule has 0 radical (unpaired) electrons. The lowest BCUT2D eigenvalue weighted by atomic mass is 10.1. The maximum atomic E-state index is 9.48. The van der Waals surface area contributed by atoms with E-state index in [2.05, 4.69) is 5.32 Å². The summed E-state index contributed by atoms with van der Waals surface area (Å²) >= 11 is 5.40. The summed E-state index contributed by atoms with van der Waals surface area (Å²) in [6, 6.07) is 7.67. The summed E-state index contributed by atoms with van der Waals surface area (Å²) in [6.45, 7) is 2.41. The molecule has 2 nitrogen and oxygen atoms in total. The van der Waals surface area contributed by atoms with Gasteiger partial charge in [-0.3, -0.25) is 0 Å². The fraction of sp³-hybridized carbons (Fsp3) is 0.273. The van der Waals surface area contributed by atoms with Crippen LogP contribution in [-0.2, 0) is 0 Å². The van der Waals surface area contributed by atoms with E-state index in [1.165, 1.54) is 5.54 Å². The van der Waals surface area contributed by atoms with E-state index < -0.39 is 6.10 Å². The van der Waals surface area contributed by atoms with Crippen molar-refractivity contribution in [2.24, 2.45) is 0 Å². The van der Waals surface area contributed by atoms with Crippen LogP contribution in [0.4, 0.5) is 5.69 Å². The zero-order valence-electron chi connectivity index (χ0n) is 8.07. The Hall–Kier alpha value is -0.990. The first kappa shape index (κ1) is 11.1. The van der Waals surface area contributed by atoms with Gasteiger partial charge in [0.2, 0.25) is 0 Å². The van der Waals surface area contributed by atoms with Crippen LogP contribution in [0.25, 0.3) is 0 Å². The molecule has 2 N–H and O–H groups in total. The Labute approximate surface area is 89.2 Å². The predicted molar refractivity (Wildman–Crippen MR) is 60.6 cm³/mol. The van der Waals surface area contributed by atoms with Crippen LogP contribution in [0.5, 0.6) is 0 Å². The lowest BCUT2D eigenvalue weighted by Crippen LogP contribution is -2.03. The van der Waals surface area contributed by atoms with Crippen LogP contribution in [-0.4, -0.2) is 11.7 Å². The maximum absolute atomic E-state index is 9.48. The van der Waals surface area contributed by atoms with Crippen molar-refractivity contribution < 1.29 is 5.11 Å². The quantitative estimate of drug-likeness (QED) is 0.803. The Balaban J connectivity index is 2.74. The number of hydrogen-bond donors (Lipinski definition) is 2. The van der Waals surface area contributed by atoms with Gasteiger partial charge in [-0.15, -0.1) is 0 Å². The first-order valence-corrected chi connectivity index (χ1v) is 4.95. The van der Waals surface area contributed by atoms with Crippen molar-refractivity contribution in [3.05, 3.63) is 41.4 Å². The van der Waals surface area contributed by atoms with Crippen molar-refractivity contribution in [3.8, 4) is 0 Å². The topological polar surface area (TPSA) is 32.3 Å². The van der Waals surface area contributed by atoms with Crippen molar-refractivity contribution in [1.29, 1.82) is 0 Å². The number of benzene rings is 1. The van der Waals surface area contributed by atoms with E-state index in [9.17, 15) is 5.11 Å². The molecule has 0 saturated heterocycles. The smallest absolute Gasteiger partial charge is 0.0781 e. The highest BCUT2D eigenvalue weighted by Crippen LogP contribution is 2.21. The average molecular weight is 212 g/mol. The fourth-order valence-electron chi connectivity index (χ4n) is 1.24. The summed E-state index contributed by atoms with van der Waals surface area (Å²) in [6.07, 6.45) is 1.35. The van der Waals surface area contributed by atoms with Crippen LogP contribution in [0, 0.1) is 0 Å². The average Bonchev–Trinajstić information content (AvgIpc) is 2.19. The molecule has 1 unspecified atom stereocenters. The Morgan fingerprint density at radius 1 is 1.50 bits per heavy atom. The molecular formula is C11H14ClNO. The van der Waals surface area contributed by atoms with E-state index in [0.29, 0.717) is 6.54 Å². The molecular weight excluding hydrogens is 198 g/mol. The zero-order chi connectivity index (χ0) is 10.4. The van der Waals surface area contributed by atoms with Crippen molar-refractivity contribution in [2.75, 3.05) is 11.9 Å². The van der Waals surface area contributed by atoms with E-state index in [0.717, 1.165) is 11.3 Å². The second-order valence-corrected chi connectivity index (χ2v) is 3.26. The van der Waals surface area contributed by atoms with E-state index in [1.54, 1.807) is 13.0 Å². The lowest BCUT2D eigenvalue weighted by Gasteiger charge is -2.12. The Morgan fingerprint density at radius 3 is 2.86 bits per heavy atom. The van der Waals surface area contributed by atoms with Crippen molar-refractivity contribution >= 4 is 17.3 Å². The lowest BCUT2D eigenvalue weighted by molar-refractivity contribution is 0.200. The highest BCUT2D eigenvalue weighted by Gasteiger charge is 2.04. The third kappa shape index (κ3) is 3.05. The minimum absolute atomic E-state index is 0.460. The highest BCUT2D eigenvalue weighted by molar-refractivity contribution is 6.25. The van der Waals surface area contributed by atoms with Gasteiger partial charge in [0, 0.05) is 23.3 Å². The molecule has 0 heterocycles. The number of hydrogen-bond acceptors (Lipinski definition) is 2. The first-order valence-electron chi connectivity index (χ1n) is 4.51. The van der Waals surface area contributed by atoms with E-state index >= 15 is 0 Å². The monoisotopic (exact) mass is 211 g/mol. The van der Waals surface area contributed by atoms with Gasteiger partial charge >= 0.3 is 0 Å². The maximum Gasteiger partial charge on any atom is 0.0781 e. The Kier molecular flexibility index (Phi) is 4.50. The molecule has 0 bridgehead atoms. The molecule has 0 aromatic heterocycles. The second kappa shape index (κ2) is 5.68. The molecule has 76 valence electrons. The second-order valence-electron chi connectivity index (χ2n) is 3.01. The molecule has 0 fully saturated rings. The number of halogens is 1. The van der Waals surface area contributed by atoms with Gasteiger partial charge in [-0.25, -0.2) is 0 Å². The van der Waals surface area contributed by atoms with Crippen LogP contribution < -0.4 is 5.32 Å².